The summed E-state index contributed by atoms with van der Waals surface area (Å²) < 4.78 is 5.10. The molecule has 0 spiro atoms. The number of benzene rings is 1. The van der Waals surface area contributed by atoms with Crippen LogP contribution in [0.4, 0.5) is 11.4 Å². The van der Waals surface area contributed by atoms with Gasteiger partial charge in [0.15, 0.2) is 0 Å². The second kappa shape index (κ2) is 6.30. The normalized spacial score (nSPS) is 10.3. The molecule has 3 heteroatoms. The molecular formula is C12H20N2O. The number of rotatable bonds is 6. The van der Waals surface area contributed by atoms with Crippen molar-refractivity contribution in [1.82, 2.24) is 0 Å². The highest BCUT2D eigenvalue weighted by atomic mass is 16.5. The second-order valence-electron chi connectivity index (χ2n) is 3.57. The van der Waals surface area contributed by atoms with E-state index in [9.17, 15) is 0 Å². The minimum atomic E-state index is 0.754. The molecule has 0 aliphatic heterocycles. The van der Waals surface area contributed by atoms with Crippen LogP contribution in [0.25, 0.3) is 0 Å². The maximum Gasteiger partial charge on any atom is 0.0637 e. The number of nitrogens with two attached hydrogens (primary N) is 1. The van der Waals surface area contributed by atoms with E-state index >= 15 is 0 Å². The van der Waals surface area contributed by atoms with Crippen LogP contribution < -0.4 is 10.6 Å². The lowest BCUT2D eigenvalue weighted by molar-refractivity contribution is 0.205. The zero-order chi connectivity index (χ0) is 11.1. The Labute approximate surface area is 91.8 Å². The molecule has 0 aliphatic rings. The average Bonchev–Trinajstić information content (AvgIpc) is 2.25. The molecule has 0 atom stereocenters. The number of nitrogens with zero attached hydrogens (tertiary/aromatic N) is 1. The molecule has 0 aromatic heterocycles. The molecule has 0 heterocycles. The number of ether oxygens (including phenoxy) is 1. The topological polar surface area (TPSA) is 38.5 Å². The van der Waals surface area contributed by atoms with Crippen LogP contribution in [0, 0.1) is 0 Å². The maximum absolute atomic E-state index is 5.66. The first-order chi connectivity index (χ1) is 7.27. The van der Waals surface area contributed by atoms with Gasteiger partial charge in [-0.15, -0.1) is 0 Å². The molecule has 0 fully saturated rings. The van der Waals surface area contributed by atoms with Crippen LogP contribution in [0.1, 0.15) is 13.3 Å². The fourth-order valence-corrected chi connectivity index (χ4v) is 1.53. The molecule has 0 radical (unpaired) electrons. The first kappa shape index (κ1) is 11.9. The summed E-state index contributed by atoms with van der Waals surface area (Å²) in [6, 6.07) is 7.98. The van der Waals surface area contributed by atoms with Gasteiger partial charge in [-0.3, -0.25) is 0 Å². The van der Waals surface area contributed by atoms with Gasteiger partial charge in [0.25, 0.3) is 0 Å². The highest BCUT2D eigenvalue weighted by Crippen LogP contribution is 2.16. The number of anilines is 2. The van der Waals surface area contributed by atoms with Crippen molar-refractivity contribution in [2.45, 2.75) is 13.3 Å². The van der Waals surface area contributed by atoms with Crippen molar-refractivity contribution in [3.8, 4) is 0 Å². The van der Waals surface area contributed by atoms with Gasteiger partial charge >= 0.3 is 0 Å². The van der Waals surface area contributed by atoms with Gasteiger partial charge in [0, 0.05) is 31.6 Å². The summed E-state index contributed by atoms with van der Waals surface area (Å²) in [5, 5.41) is 0. The highest BCUT2D eigenvalue weighted by molar-refractivity contribution is 5.53. The van der Waals surface area contributed by atoms with Crippen LogP contribution in [0.2, 0.25) is 0 Å². The Bertz CT molecular complexity index is 271. The molecule has 0 aliphatic carbocycles. The van der Waals surface area contributed by atoms with Crippen LogP contribution in [0.15, 0.2) is 24.3 Å². The summed E-state index contributed by atoms with van der Waals surface area (Å²) in [5.41, 5.74) is 7.68. The Balaban J connectivity index is 2.65. The highest BCUT2D eigenvalue weighted by Gasteiger charge is 2.04. The minimum absolute atomic E-state index is 0.754. The van der Waals surface area contributed by atoms with E-state index in [-0.39, 0.29) is 0 Å². The van der Waals surface area contributed by atoms with Crippen LogP contribution in [-0.2, 0) is 4.74 Å². The summed E-state index contributed by atoms with van der Waals surface area (Å²) in [6.45, 7) is 4.91. The smallest absolute Gasteiger partial charge is 0.0637 e. The quantitative estimate of drug-likeness (QED) is 0.728. The monoisotopic (exact) mass is 208 g/mol. The average molecular weight is 208 g/mol. The van der Waals surface area contributed by atoms with E-state index in [1.165, 1.54) is 5.69 Å². The summed E-state index contributed by atoms with van der Waals surface area (Å²) in [7, 11) is 1.73. The van der Waals surface area contributed by atoms with Crippen LogP contribution in [-0.4, -0.2) is 26.8 Å². The van der Waals surface area contributed by atoms with Crippen molar-refractivity contribution >= 4 is 11.4 Å². The summed E-state index contributed by atoms with van der Waals surface area (Å²) in [5.74, 6) is 0. The van der Waals surface area contributed by atoms with E-state index in [1.807, 2.05) is 12.1 Å². The van der Waals surface area contributed by atoms with Gasteiger partial charge in [-0.2, -0.15) is 0 Å². The Morgan fingerprint density at radius 3 is 2.40 bits per heavy atom. The van der Waals surface area contributed by atoms with Crippen molar-refractivity contribution in [2.24, 2.45) is 0 Å². The molecule has 84 valence electrons. The van der Waals surface area contributed by atoms with Crippen molar-refractivity contribution in [1.29, 1.82) is 0 Å². The zero-order valence-corrected chi connectivity index (χ0v) is 9.57. The second-order valence-corrected chi connectivity index (χ2v) is 3.57. The summed E-state index contributed by atoms with van der Waals surface area (Å²) in [6.07, 6.45) is 1.13. The molecular weight excluding hydrogens is 188 g/mol. The zero-order valence-electron chi connectivity index (χ0n) is 9.57. The first-order valence-corrected chi connectivity index (χ1v) is 5.37. The molecule has 0 saturated heterocycles. The SMILES string of the molecule is CCCN(CCOC)c1ccc(N)cc1. The van der Waals surface area contributed by atoms with E-state index in [4.69, 9.17) is 10.5 Å². The van der Waals surface area contributed by atoms with Crippen molar-refractivity contribution in [2.75, 3.05) is 37.4 Å². The third kappa shape index (κ3) is 3.80. The lowest BCUT2D eigenvalue weighted by atomic mass is 10.2. The minimum Gasteiger partial charge on any atom is -0.399 e. The van der Waals surface area contributed by atoms with E-state index < -0.39 is 0 Å². The molecule has 0 amide bonds. The van der Waals surface area contributed by atoms with Crippen LogP contribution in [0.3, 0.4) is 0 Å². The number of hydrogen-bond donors (Lipinski definition) is 1. The Hall–Kier alpha value is -1.22. The van der Waals surface area contributed by atoms with E-state index in [1.54, 1.807) is 7.11 Å². The number of methoxy groups -OCH3 is 1. The van der Waals surface area contributed by atoms with Gasteiger partial charge in [0.05, 0.1) is 6.61 Å². The molecule has 1 rings (SSSR count). The molecule has 1 aromatic carbocycles. The number of hydrogen-bond acceptors (Lipinski definition) is 3. The molecule has 15 heavy (non-hydrogen) atoms. The molecule has 0 saturated carbocycles. The molecule has 2 N–H and O–H groups in total. The maximum atomic E-state index is 5.66. The summed E-state index contributed by atoms with van der Waals surface area (Å²) >= 11 is 0. The van der Waals surface area contributed by atoms with Gasteiger partial charge in [-0.1, -0.05) is 6.92 Å². The largest absolute Gasteiger partial charge is 0.399 e. The lowest BCUT2D eigenvalue weighted by Crippen LogP contribution is -2.27. The van der Waals surface area contributed by atoms with Crippen molar-refractivity contribution in [3.05, 3.63) is 24.3 Å². The van der Waals surface area contributed by atoms with E-state index in [0.29, 0.717) is 0 Å². The van der Waals surface area contributed by atoms with Crippen molar-refractivity contribution < 1.29 is 4.74 Å². The van der Waals surface area contributed by atoms with Gasteiger partial charge < -0.3 is 15.4 Å². The van der Waals surface area contributed by atoms with Crippen LogP contribution >= 0.6 is 0 Å². The molecule has 1 aromatic rings. The lowest BCUT2D eigenvalue weighted by Gasteiger charge is -2.24. The Kier molecular flexibility index (Phi) is 4.98. The van der Waals surface area contributed by atoms with Gasteiger partial charge in [-0.05, 0) is 30.7 Å². The standard InChI is InChI=1S/C12H20N2O/c1-3-8-14(9-10-15-2)12-6-4-11(13)5-7-12/h4-7H,3,8-10,13H2,1-2H3. The molecule has 0 bridgehead atoms. The molecule has 3 nitrogen and oxygen atoms in total. The summed E-state index contributed by atoms with van der Waals surface area (Å²) in [4.78, 5) is 2.31. The predicted octanol–water partition coefficient (Wildman–Crippen LogP) is 2.13. The Morgan fingerprint density at radius 1 is 1.20 bits per heavy atom. The first-order valence-electron chi connectivity index (χ1n) is 5.37. The van der Waals surface area contributed by atoms with E-state index in [2.05, 4.69) is 24.0 Å². The fraction of sp³-hybridized carbons (Fsp3) is 0.500. The van der Waals surface area contributed by atoms with Crippen molar-refractivity contribution in [3.63, 3.8) is 0 Å². The molecule has 0 unspecified atom stereocenters. The fourth-order valence-electron chi connectivity index (χ4n) is 1.53. The third-order valence-electron chi connectivity index (χ3n) is 2.32. The predicted molar refractivity (Wildman–Crippen MR) is 65.2 cm³/mol. The van der Waals surface area contributed by atoms with Gasteiger partial charge in [-0.25, -0.2) is 0 Å². The van der Waals surface area contributed by atoms with Crippen LogP contribution in [0.5, 0.6) is 0 Å². The van der Waals surface area contributed by atoms with Gasteiger partial charge in [0.2, 0.25) is 0 Å². The van der Waals surface area contributed by atoms with E-state index in [0.717, 1.165) is 31.8 Å². The Morgan fingerprint density at radius 2 is 1.87 bits per heavy atom. The number of nitrogen functional groups attached to an aromatic ring is 1. The van der Waals surface area contributed by atoms with Gasteiger partial charge in [0.1, 0.15) is 0 Å². The third-order valence-corrected chi connectivity index (χ3v) is 2.32.